The summed E-state index contributed by atoms with van der Waals surface area (Å²) >= 11 is 0. The summed E-state index contributed by atoms with van der Waals surface area (Å²) in [5.74, 6) is -6.65. The van der Waals surface area contributed by atoms with E-state index in [2.05, 4.69) is 26.3 Å². The normalized spacial score (nSPS) is 15.2. The smallest absolute Gasteiger partial charge is 0.326 e. The number of nitrogens with one attached hydrogen (secondary N) is 4. The largest absolute Gasteiger partial charge is 0.508 e. The lowest BCUT2D eigenvalue weighted by Gasteiger charge is -2.29. The van der Waals surface area contributed by atoms with Crippen molar-refractivity contribution < 1.29 is 44.1 Å². The Morgan fingerprint density at radius 3 is 1.80 bits per heavy atom. The third-order valence-corrected chi connectivity index (χ3v) is 8.16. The van der Waals surface area contributed by atoms with Crippen LogP contribution in [0.4, 0.5) is 0 Å². The van der Waals surface area contributed by atoms with Gasteiger partial charge in [0.25, 0.3) is 0 Å². The molecule has 0 spiro atoms. The minimum atomic E-state index is -1.45. The van der Waals surface area contributed by atoms with E-state index < -0.39 is 84.0 Å². The molecule has 17 nitrogen and oxygen atoms in total. The minimum absolute atomic E-state index is 0.0226. The van der Waals surface area contributed by atoms with Gasteiger partial charge in [-0.05, 0) is 55.2 Å². The van der Waals surface area contributed by atoms with Gasteiger partial charge in [0, 0.05) is 13.0 Å². The van der Waals surface area contributed by atoms with Crippen molar-refractivity contribution in [2.24, 2.45) is 34.0 Å². The molecule has 13 N–H and O–H groups in total. The molecule has 1 aromatic carbocycles. The highest BCUT2D eigenvalue weighted by Gasteiger charge is 2.34. The Hall–Kier alpha value is -4.93. The Morgan fingerprint density at radius 1 is 0.755 bits per heavy atom. The molecular formula is C32H52N8O9. The topological polar surface area (TPSA) is 302 Å². The third kappa shape index (κ3) is 15.2. The van der Waals surface area contributed by atoms with Crippen molar-refractivity contribution in [3.63, 3.8) is 0 Å². The van der Waals surface area contributed by atoms with Gasteiger partial charge in [0.15, 0.2) is 5.96 Å². The van der Waals surface area contributed by atoms with Gasteiger partial charge >= 0.3 is 11.9 Å². The summed E-state index contributed by atoms with van der Waals surface area (Å²) in [6, 6.07) is -0.0977. The lowest BCUT2D eigenvalue weighted by molar-refractivity contribution is -0.144. The molecule has 0 radical (unpaired) electrons. The van der Waals surface area contributed by atoms with E-state index in [4.69, 9.17) is 17.2 Å². The maximum atomic E-state index is 13.6. The fraction of sp³-hybridized carbons (Fsp3) is 0.594. The summed E-state index contributed by atoms with van der Waals surface area (Å²) in [6.07, 6.45) is 0.292. The summed E-state index contributed by atoms with van der Waals surface area (Å²) in [4.78, 5) is 80.6. The van der Waals surface area contributed by atoms with Crippen LogP contribution in [0.1, 0.15) is 71.8 Å². The first-order valence-corrected chi connectivity index (χ1v) is 16.2. The number of guanidine groups is 1. The molecule has 7 atom stereocenters. The quantitative estimate of drug-likeness (QED) is 0.0410. The molecule has 0 aliphatic carbocycles. The molecule has 0 fully saturated rings. The summed E-state index contributed by atoms with van der Waals surface area (Å²) in [5, 5.41) is 38.6. The zero-order valence-corrected chi connectivity index (χ0v) is 28.5. The lowest BCUT2D eigenvalue weighted by Crippen LogP contribution is -2.60. The fourth-order valence-corrected chi connectivity index (χ4v) is 4.72. The van der Waals surface area contributed by atoms with Crippen molar-refractivity contribution in [2.45, 2.75) is 103 Å². The van der Waals surface area contributed by atoms with E-state index in [0.717, 1.165) is 0 Å². The molecule has 17 heteroatoms. The Kier molecular flexibility index (Phi) is 18.1. The second-order valence-electron chi connectivity index (χ2n) is 12.1. The molecule has 0 saturated heterocycles. The second-order valence-corrected chi connectivity index (χ2v) is 12.1. The molecule has 0 heterocycles. The number of benzene rings is 1. The molecule has 1 rings (SSSR count). The van der Waals surface area contributed by atoms with Gasteiger partial charge in [0.2, 0.25) is 23.6 Å². The van der Waals surface area contributed by atoms with Gasteiger partial charge in [-0.3, -0.25) is 29.0 Å². The van der Waals surface area contributed by atoms with Crippen molar-refractivity contribution in [1.82, 2.24) is 21.3 Å². The Morgan fingerprint density at radius 2 is 1.27 bits per heavy atom. The van der Waals surface area contributed by atoms with Gasteiger partial charge in [-0.15, -0.1) is 0 Å². The molecule has 0 bridgehead atoms. The lowest BCUT2D eigenvalue weighted by atomic mass is 9.96. The maximum absolute atomic E-state index is 13.6. The monoisotopic (exact) mass is 692 g/mol. The van der Waals surface area contributed by atoms with Gasteiger partial charge in [-0.1, -0.05) is 52.7 Å². The summed E-state index contributed by atoms with van der Waals surface area (Å²) in [5.41, 5.74) is 17.5. The van der Waals surface area contributed by atoms with E-state index in [9.17, 15) is 44.1 Å². The second kappa shape index (κ2) is 21.1. The average Bonchev–Trinajstić information content (AvgIpc) is 3.05. The Balaban J connectivity index is 3.23. The molecule has 4 amide bonds. The van der Waals surface area contributed by atoms with Crippen LogP contribution >= 0.6 is 0 Å². The van der Waals surface area contributed by atoms with E-state index in [-0.39, 0.29) is 43.9 Å². The van der Waals surface area contributed by atoms with Crippen LogP contribution in [-0.4, -0.2) is 93.6 Å². The van der Waals surface area contributed by atoms with Crippen LogP contribution in [0.5, 0.6) is 5.75 Å². The van der Waals surface area contributed by atoms with E-state index in [1.165, 1.54) is 12.1 Å². The Bertz CT molecular complexity index is 1300. The van der Waals surface area contributed by atoms with Crippen LogP contribution in [0, 0.1) is 11.8 Å². The number of nitrogens with two attached hydrogens (primary N) is 3. The minimum Gasteiger partial charge on any atom is -0.508 e. The van der Waals surface area contributed by atoms with Crippen LogP contribution < -0.4 is 38.5 Å². The first-order chi connectivity index (χ1) is 23.0. The third-order valence-electron chi connectivity index (χ3n) is 8.16. The Labute approximate surface area is 285 Å². The molecule has 0 aliphatic heterocycles. The summed E-state index contributed by atoms with van der Waals surface area (Å²) in [6.45, 7) is 7.00. The standard InChI is InChI=1S/C32H52N8O9/c1-5-17(3)25(39-27(44)21(33)16-19-9-11-20(41)12-10-19)30(47)38-23(13-14-24(42)43)28(45)37-22(8-7-15-36-32(34)35)29(46)40-26(31(48)49)18(4)6-2/h9-12,17-18,21-23,25-26,41H,5-8,13-16,33H2,1-4H3,(H,37,45)(H,38,47)(H,39,44)(H,40,46)(H,42,43)(H,48,49)(H4,34,35,36)/t17-,18-,21-,22-,23-,25-,26-/m0/s1. The van der Waals surface area contributed by atoms with E-state index in [1.54, 1.807) is 39.8 Å². The van der Waals surface area contributed by atoms with Crippen molar-refractivity contribution in [1.29, 1.82) is 0 Å². The molecule has 0 aromatic heterocycles. The number of nitrogens with zero attached hydrogens (tertiary/aromatic N) is 1. The van der Waals surface area contributed by atoms with Crippen LogP contribution in [0.2, 0.25) is 0 Å². The highest BCUT2D eigenvalue weighted by Crippen LogP contribution is 2.14. The number of phenolic OH excluding ortho intramolecular Hbond substituents is 1. The van der Waals surface area contributed by atoms with Crippen LogP contribution in [0.25, 0.3) is 0 Å². The average molecular weight is 693 g/mol. The number of aliphatic carboxylic acids is 2. The van der Waals surface area contributed by atoms with E-state index in [1.807, 2.05) is 0 Å². The molecule has 0 aliphatic rings. The number of aromatic hydroxyl groups is 1. The summed E-state index contributed by atoms with van der Waals surface area (Å²) < 4.78 is 0. The molecule has 49 heavy (non-hydrogen) atoms. The first kappa shape index (κ1) is 42.1. The number of carboxylic acid groups (broad SMARTS) is 2. The summed E-state index contributed by atoms with van der Waals surface area (Å²) in [7, 11) is 0. The van der Waals surface area contributed by atoms with Crippen LogP contribution in [-0.2, 0) is 35.2 Å². The number of rotatable bonds is 22. The molecule has 1 aromatic rings. The number of carbonyl (C=O) groups is 6. The van der Waals surface area contributed by atoms with Crippen molar-refractivity contribution in [3.8, 4) is 5.75 Å². The van der Waals surface area contributed by atoms with Crippen LogP contribution in [0.15, 0.2) is 29.3 Å². The van der Waals surface area contributed by atoms with Gasteiger partial charge < -0.3 is 53.8 Å². The maximum Gasteiger partial charge on any atom is 0.326 e. The number of carboxylic acids is 2. The predicted octanol–water partition coefficient (Wildman–Crippen LogP) is -0.704. The zero-order valence-electron chi connectivity index (χ0n) is 28.5. The fourth-order valence-electron chi connectivity index (χ4n) is 4.72. The number of carbonyl (C=O) groups excluding carboxylic acids is 4. The van der Waals surface area contributed by atoms with Gasteiger partial charge in [0.1, 0.15) is 29.9 Å². The molecule has 0 unspecified atom stereocenters. The first-order valence-electron chi connectivity index (χ1n) is 16.2. The SMILES string of the molecule is CC[C@H](C)[C@H](NC(=O)[C@H](CCCN=C(N)N)NC(=O)[C@H](CCC(=O)O)NC(=O)[C@@H](NC(=O)[C@@H](N)Cc1ccc(O)cc1)[C@@H](C)CC)C(=O)O. The number of aliphatic imine (C=N–C) groups is 1. The van der Waals surface area contributed by atoms with Gasteiger partial charge in [-0.25, -0.2) is 4.79 Å². The number of hydrogen-bond acceptors (Lipinski definition) is 9. The zero-order chi connectivity index (χ0) is 37.3. The number of amides is 4. The van der Waals surface area contributed by atoms with Crippen molar-refractivity contribution in [3.05, 3.63) is 29.8 Å². The molecule has 0 saturated carbocycles. The predicted molar refractivity (Wildman–Crippen MR) is 181 cm³/mol. The molecular weight excluding hydrogens is 640 g/mol. The van der Waals surface area contributed by atoms with Gasteiger partial charge in [-0.2, -0.15) is 0 Å². The highest BCUT2D eigenvalue weighted by molar-refractivity contribution is 5.95. The number of hydrogen-bond donors (Lipinski definition) is 10. The van der Waals surface area contributed by atoms with Crippen molar-refractivity contribution >= 4 is 41.5 Å². The van der Waals surface area contributed by atoms with Crippen LogP contribution in [0.3, 0.4) is 0 Å². The number of phenols is 1. The van der Waals surface area contributed by atoms with Crippen molar-refractivity contribution in [2.75, 3.05) is 6.54 Å². The van der Waals surface area contributed by atoms with Gasteiger partial charge in [0.05, 0.1) is 6.04 Å². The highest BCUT2D eigenvalue weighted by atomic mass is 16.4. The van der Waals surface area contributed by atoms with E-state index >= 15 is 0 Å². The van der Waals surface area contributed by atoms with E-state index in [0.29, 0.717) is 18.4 Å². The molecule has 274 valence electrons.